The number of allylic oxidation sites excluding steroid dienone is 1. The van der Waals surface area contributed by atoms with Crippen LogP contribution in [0.1, 0.15) is 36.8 Å². The van der Waals surface area contributed by atoms with Crippen LogP contribution in [0.4, 0.5) is 0 Å². The van der Waals surface area contributed by atoms with E-state index in [0.717, 1.165) is 55.3 Å². The Hall–Kier alpha value is -1.94. The summed E-state index contributed by atoms with van der Waals surface area (Å²) in [6.45, 7) is 4.72. The van der Waals surface area contributed by atoms with Crippen molar-refractivity contribution < 1.29 is 14.3 Å². The third kappa shape index (κ3) is 4.76. The van der Waals surface area contributed by atoms with Gasteiger partial charge >= 0.3 is 0 Å². The fourth-order valence-electron chi connectivity index (χ4n) is 2.98. The Kier molecular flexibility index (Phi) is 6.53. The van der Waals surface area contributed by atoms with Crippen LogP contribution in [-0.4, -0.2) is 26.2 Å². The summed E-state index contributed by atoms with van der Waals surface area (Å²) in [5.41, 5.74) is 1.87. The summed E-state index contributed by atoms with van der Waals surface area (Å²) in [5.74, 6) is 1.89. The number of nitrogens with one attached hydrogen (secondary N) is 1. The summed E-state index contributed by atoms with van der Waals surface area (Å²) in [6, 6.07) is 5.85. The highest BCUT2D eigenvalue weighted by molar-refractivity contribution is 5.81. The van der Waals surface area contributed by atoms with Gasteiger partial charge in [0.1, 0.15) is 17.8 Å². The molecule has 0 amide bonds. The molecule has 0 atom stereocenters. The fraction of sp³-hybridized carbons (Fsp3) is 0.474. The normalized spacial score (nSPS) is 20.7. The highest BCUT2D eigenvalue weighted by atomic mass is 16.5. The molecule has 0 radical (unpaired) electrons. The van der Waals surface area contributed by atoms with E-state index < -0.39 is 0 Å². The number of carbonyl (C=O) groups is 1. The molecule has 1 aliphatic carbocycles. The minimum Gasteiger partial charge on any atom is -0.461 e. The highest BCUT2D eigenvalue weighted by Gasteiger charge is 2.24. The predicted octanol–water partition coefficient (Wildman–Crippen LogP) is 3.77. The minimum atomic E-state index is 0.191. The van der Waals surface area contributed by atoms with Crippen molar-refractivity contribution in [3.05, 3.63) is 41.7 Å². The molecule has 0 saturated heterocycles. The van der Waals surface area contributed by atoms with Crippen molar-refractivity contribution in [2.24, 2.45) is 11.8 Å². The third-order valence-electron chi connectivity index (χ3n) is 4.49. The third-order valence-corrected chi connectivity index (χ3v) is 4.49. The Morgan fingerprint density at radius 2 is 2.09 bits per heavy atom. The van der Waals surface area contributed by atoms with Crippen LogP contribution in [0.5, 0.6) is 5.75 Å². The quantitative estimate of drug-likeness (QED) is 0.451. The molecule has 1 aromatic rings. The van der Waals surface area contributed by atoms with Crippen LogP contribution in [0.3, 0.4) is 0 Å². The average Bonchev–Trinajstić information content (AvgIpc) is 2.60. The SMILES string of the molecule is C=C(Oc1ccc(CCOC)cc1C=N)C1CCC(C=O)CC1. The molecule has 4 heteroatoms. The van der Waals surface area contributed by atoms with Crippen molar-refractivity contribution in [1.82, 2.24) is 0 Å². The molecular weight excluding hydrogens is 290 g/mol. The molecule has 0 bridgehead atoms. The summed E-state index contributed by atoms with van der Waals surface area (Å²) in [5, 5.41) is 7.59. The first kappa shape index (κ1) is 17.4. The number of hydrogen-bond acceptors (Lipinski definition) is 4. The van der Waals surface area contributed by atoms with Gasteiger partial charge in [-0.25, -0.2) is 0 Å². The van der Waals surface area contributed by atoms with Crippen molar-refractivity contribution in [2.45, 2.75) is 32.1 Å². The zero-order chi connectivity index (χ0) is 16.7. The Balaban J connectivity index is 2.00. The van der Waals surface area contributed by atoms with E-state index >= 15 is 0 Å². The number of rotatable bonds is 8. The van der Waals surface area contributed by atoms with Crippen molar-refractivity contribution in [2.75, 3.05) is 13.7 Å². The largest absolute Gasteiger partial charge is 0.461 e. The van der Waals surface area contributed by atoms with Crippen LogP contribution in [0.15, 0.2) is 30.5 Å². The molecule has 2 rings (SSSR count). The van der Waals surface area contributed by atoms with E-state index in [0.29, 0.717) is 12.4 Å². The van der Waals surface area contributed by atoms with Gasteiger partial charge in [-0.3, -0.25) is 0 Å². The van der Waals surface area contributed by atoms with Gasteiger partial charge in [0.05, 0.1) is 6.61 Å². The van der Waals surface area contributed by atoms with Gasteiger partial charge < -0.3 is 19.7 Å². The number of aldehydes is 1. The highest BCUT2D eigenvalue weighted by Crippen LogP contribution is 2.33. The number of hydrogen-bond donors (Lipinski definition) is 1. The van der Waals surface area contributed by atoms with Crippen LogP contribution in [0.25, 0.3) is 0 Å². The minimum absolute atomic E-state index is 0.191. The molecule has 1 N–H and O–H groups in total. The Bertz CT molecular complexity index is 560. The smallest absolute Gasteiger partial charge is 0.135 e. The van der Waals surface area contributed by atoms with Gasteiger partial charge in [-0.2, -0.15) is 0 Å². The molecule has 1 aromatic carbocycles. The topological polar surface area (TPSA) is 59.4 Å². The summed E-state index contributed by atoms with van der Waals surface area (Å²) in [4.78, 5) is 10.8. The van der Waals surface area contributed by atoms with Gasteiger partial charge in [-0.15, -0.1) is 0 Å². The Labute approximate surface area is 138 Å². The van der Waals surface area contributed by atoms with Gasteiger partial charge in [0.2, 0.25) is 0 Å². The molecule has 1 saturated carbocycles. The lowest BCUT2D eigenvalue weighted by molar-refractivity contribution is -0.112. The molecule has 1 fully saturated rings. The van der Waals surface area contributed by atoms with Crippen LogP contribution in [0, 0.1) is 17.2 Å². The van der Waals surface area contributed by atoms with E-state index in [1.165, 1.54) is 6.21 Å². The first-order chi connectivity index (χ1) is 11.2. The molecular formula is C19H25NO3. The van der Waals surface area contributed by atoms with E-state index in [-0.39, 0.29) is 11.8 Å². The van der Waals surface area contributed by atoms with E-state index in [1.807, 2.05) is 18.2 Å². The Morgan fingerprint density at radius 3 is 2.70 bits per heavy atom. The molecule has 0 heterocycles. The van der Waals surface area contributed by atoms with E-state index in [4.69, 9.17) is 14.9 Å². The number of carbonyl (C=O) groups excluding carboxylic acids is 1. The van der Waals surface area contributed by atoms with Crippen molar-refractivity contribution in [3.8, 4) is 5.75 Å². The monoisotopic (exact) mass is 315 g/mol. The second-order valence-electron chi connectivity index (χ2n) is 6.08. The first-order valence-corrected chi connectivity index (χ1v) is 8.12. The summed E-state index contributed by atoms with van der Waals surface area (Å²) in [7, 11) is 1.68. The first-order valence-electron chi connectivity index (χ1n) is 8.12. The van der Waals surface area contributed by atoms with E-state index in [2.05, 4.69) is 6.58 Å². The fourth-order valence-corrected chi connectivity index (χ4v) is 2.98. The maximum Gasteiger partial charge on any atom is 0.135 e. The van der Waals surface area contributed by atoms with Gasteiger partial charge in [0, 0.05) is 30.7 Å². The zero-order valence-electron chi connectivity index (χ0n) is 13.7. The second kappa shape index (κ2) is 8.63. The van der Waals surface area contributed by atoms with Crippen molar-refractivity contribution in [1.29, 1.82) is 5.41 Å². The van der Waals surface area contributed by atoms with Crippen molar-refractivity contribution in [3.63, 3.8) is 0 Å². The lowest BCUT2D eigenvalue weighted by Crippen LogP contribution is -2.19. The van der Waals surface area contributed by atoms with Gasteiger partial charge in [-0.05, 0) is 49.8 Å². The Morgan fingerprint density at radius 1 is 1.35 bits per heavy atom. The molecule has 4 nitrogen and oxygen atoms in total. The molecule has 124 valence electrons. The maximum absolute atomic E-state index is 10.8. The lowest BCUT2D eigenvalue weighted by atomic mass is 9.82. The van der Waals surface area contributed by atoms with Crippen LogP contribution < -0.4 is 4.74 Å². The number of ether oxygens (including phenoxy) is 2. The average molecular weight is 315 g/mol. The molecule has 23 heavy (non-hydrogen) atoms. The van der Waals surface area contributed by atoms with E-state index in [9.17, 15) is 4.79 Å². The van der Waals surface area contributed by atoms with Gasteiger partial charge in [0.15, 0.2) is 0 Å². The summed E-state index contributed by atoms with van der Waals surface area (Å²) < 4.78 is 11.0. The second-order valence-corrected chi connectivity index (χ2v) is 6.08. The van der Waals surface area contributed by atoms with Gasteiger partial charge in [-0.1, -0.05) is 12.6 Å². The van der Waals surface area contributed by atoms with Gasteiger partial charge in [0.25, 0.3) is 0 Å². The molecule has 1 aliphatic rings. The lowest BCUT2D eigenvalue weighted by Gasteiger charge is -2.27. The van der Waals surface area contributed by atoms with Crippen molar-refractivity contribution >= 4 is 12.5 Å². The number of benzene rings is 1. The van der Waals surface area contributed by atoms with Crippen LogP contribution >= 0.6 is 0 Å². The molecule has 0 spiro atoms. The molecule has 0 unspecified atom stereocenters. The molecule has 0 aromatic heterocycles. The van der Waals surface area contributed by atoms with Crippen LogP contribution in [-0.2, 0) is 16.0 Å². The number of methoxy groups -OCH3 is 1. The van der Waals surface area contributed by atoms with E-state index in [1.54, 1.807) is 7.11 Å². The predicted molar refractivity (Wildman–Crippen MR) is 91.2 cm³/mol. The standard InChI is InChI=1S/C19H25NO3/c1-14(17-6-3-16(13-21)4-7-17)23-19-8-5-15(9-10-22-2)11-18(19)12-20/h5,8,11-13,16-17,20H,1,3-4,6-7,9-10H2,2H3. The maximum atomic E-state index is 10.8. The summed E-state index contributed by atoms with van der Waals surface area (Å²) in [6.07, 6.45) is 6.87. The van der Waals surface area contributed by atoms with Crippen LogP contribution in [0.2, 0.25) is 0 Å². The molecule has 0 aliphatic heterocycles. The summed E-state index contributed by atoms with van der Waals surface area (Å²) >= 11 is 0. The zero-order valence-corrected chi connectivity index (χ0v) is 13.7.